The molecular weight excluding hydrogens is 198 g/mol. The van der Waals surface area contributed by atoms with Crippen LogP contribution in [0.15, 0.2) is 0 Å². The predicted molar refractivity (Wildman–Crippen MR) is 71.8 cm³/mol. The van der Waals surface area contributed by atoms with Gasteiger partial charge in [-0.1, -0.05) is 40.5 Å². The molecule has 0 aromatic rings. The second-order valence-corrected chi connectivity index (χ2v) is 5.65. The lowest BCUT2D eigenvalue weighted by Crippen LogP contribution is -2.29. The molecule has 1 unspecified atom stereocenters. The summed E-state index contributed by atoms with van der Waals surface area (Å²) in [7, 11) is 0. The maximum absolute atomic E-state index is 5.53. The highest BCUT2D eigenvalue weighted by atomic mass is 16.5. The Hall–Kier alpha value is -0.0800. The Morgan fingerprint density at radius 2 is 1.62 bits per heavy atom. The van der Waals surface area contributed by atoms with Gasteiger partial charge in [0.15, 0.2) is 0 Å². The van der Waals surface area contributed by atoms with Gasteiger partial charge in [-0.3, -0.25) is 0 Å². The molecule has 0 fully saturated rings. The number of nitrogens with one attached hydrogen (secondary N) is 1. The summed E-state index contributed by atoms with van der Waals surface area (Å²) in [5.74, 6) is 1.48. The molecular formula is C14H31NO. The van der Waals surface area contributed by atoms with Crippen LogP contribution in [-0.4, -0.2) is 25.8 Å². The molecule has 0 amide bonds. The maximum Gasteiger partial charge on any atom is 0.0591 e. The van der Waals surface area contributed by atoms with Gasteiger partial charge >= 0.3 is 0 Å². The first-order chi connectivity index (χ1) is 7.52. The van der Waals surface area contributed by atoms with Crippen molar-refractivity contribution in [3.05, 3.63) is 0 Å². The van der Waals surface area contributed by atoms with E-state index >= 15 is 0 Å². The number of ether oxygens (including phenoxy) is 1. The minimum absolute atomic E-state index is 0.626. The van der Waals surface area contributed by atoms with Crippen LogP contribution in [0.5, 0.6) is 0 Å². The summed E-state index contributed by atoms with van der Waals surface area (Å²) in [6.45, 7) is 13.9. The van der Waals surface area contributed by atoms with Gasteiger partial charge in [-0.2, -0.15) is 0 Å². The van der Waals surface area contributed by atoms with Crippen molar-refractivity contribution in [2.24, 2.45) is 11.8 Å². The SMILES string of the molecule is CC(C)CCCC(C)NCCOCC(C)C. The molecule has 0 aliphatic heterocycles. The van der Waals surface area contributed by atoms with Crippen molar-refractivity contribution >= 4 is 0 Å². The average Bonchev–Trinajstić information content (AvgIpc) is 2.16. The van der Waals surface area contributed by atoms with Crippen LogP contribution in [0.3, 0.4) is 0 Å². The Bertz CT molecular complexity index is 146. The van der Waals surface area contributed by atoms with Gasteiger partial charge in [0.1, 0.15) is 0 Å². The van der Waals surface area contributed by atoms with Crippen molar-refractivity contribution in [2.75, 3.05) is 19.8 Å². The smallest absolute Gasteiger partial charge is 0.0591 e. The summed E-state index contributed by atoms with van der Waals surface area (Å²) in [6.07, 6.45) is 3.96. The standard InChI is InChI=1S/C14H31NO/c1-12(2)7-6-8-14(5)15-9-10-16-11-13(3)4/h12-15H,6-11H2,1-5H3. The van der Waals surface area contributed by atoms with Gasteiger partial charge in [0.2, 0.25) is 0 Å². The quantitative estimate of drug-likeness (QED) is 0.579. The van der Waals surface area contributed by atoms with E-state index in [1.807, 2.05) is 0 Å². The van der Waals surface area contributed by atoms with Gasteiger partial charge in [-0.05, 0) is 25.2 Å². The first-order valence-electron chi connectivity index (χ1n) is 6.83. The molecule has 0 aliphatic carbocycles. The van der Waals surface area contributed by atoms with Crippen LogP contribution in [0.1, 0.15) is 53.9 Å². The molecule has 0 rings (SSSR count). The molecule has 0 saturated carbocycles. The van der Waals surface area contributed by atoms with E-state index in [2.05, 4.69) is 39.9 Å². The minimum atomic E-state index is 0.626. The third kappa shape index (κ3) is 12.0. The van der Waals surface area contributed by atoms with Crippen molar-refractivity contribution in [1.29, 1.82) is 0 Å². The molecule has 1 N–H and O–H groups in total. The highest BCUT2D eigenvalue weighted by Crippen LogP contribution is 2.07. The normalized spacial score (nSPS) is 13.7. The Morgan fingerprint density at radius 1 is 0.938 bits per heavy atom. The van der Waals surface area contributed by atoms with E-state index in [0.29, 0.717) is 12.0 Å². The predicted octanol–water partition coefficient (Wildman–Crippen LogP) is 3.46. The Balaban J connectivity index is 3.20. The van der Waals surface area contributed by atoms with E-state index in [4.69, 9.17) is 4.74 Å². The van der Waals surface area contributed by atoms with Gasteiger partial charge in [0, 0.05) is 19.2 Å². The monoisotopic (exact) mass is 229 g/mol. The molecule has 0 saturated heterocycles. The fourth-order valence-corrected chi connectivity index (χ4v) is 1.63. The Kier molecular flexibility index (Phi) is 10.0. The van der Waals surface area contributed by atoms with Gasteiger partial charge in [0.05, 0.1) is 6.61 Å². The van der Waals surface area contributed by atoms with Gasteiger partial charge < -0.3 is 10.1 Å². The zero-order valence-electron chi connectivity index (χ0n) is 11.9. The van der Waals surface area contributed by atoms with E-state index < -0.39 is 0 Å². The highest BCUT2D eigenvalue weighted by Gasteiger charge is 2.02. The first-order valence-corrected chi connectivity index (χ1v) is 6.83. The molecule has 2 heteroatoms. The van der Waals surface area contributed by atoms with Crippen LogP contribution in [0.4, 0.5) is 0 Å². The second kappa shape index (κ2) is 10.1. The van der Waals surface area contributed by atoms with Gasteiger partial charge in [0.25, 0.3) is 0 Å². The summed E-state index contributed by atoms with van der Waals surface area (Å²) < 4.78 is 5.53. The number of hydrogen-bond donors (Lipinski definition) is 1. The molecule has 0 spiro atoms. The molecule has 0 radical (unpaired) electrons. The number of hydrogen-bond acceptors (Lipinski definition) is 2. The molecule has 2 nitrogen and oxygen atoms in total. The lowest BCUT2D eigenvalue weighted by molar-refractivity contribution is 0.110. The van der Waals surface area contributed by atoms with Crippen LogP contribution in [0, 0.1) is 11.8 Å². The van der Waals surface area contributed by atoms with Gasteiger partial charge in [-0.25, -0.2) is 0 Å². The summed E-state index contributed by atoms with van der Waals surface area (Å²) in [5, 5.41) is 3.51. The van der Waals surface area contributed by atoms with E-state index in [1.165, 1.54) is 19.3 Å². The molecule has 0 aliphatic rings. The van der Waals surface area contributed by atoms with Crippen molar-refractivity contribution in [3.8, 4) is 0 Å². The van der Waals surface area contributed by atoms with E-state index in [-0.39, 0.29) is 0 Å². The lowest BCUT2D eigenvalue weighted by Gasteiger charge is -2.14. The molecule has 0 aromatic carbocycles. The van der Waals surface area contributed by atoms with Crippen LogP contribution in [-0.2, 0) is 4.74 Å². The van der Waals surface area contributed by atoms with E-state index in [1.54, 1.807) is 0 Å². The lowest BCUT2D eigenvalue weighted by atomic mass is 10.0. The van der Waals surface area contributed by atoms with Crippen LogP contribution in [0.2, 0.25) is 0 Å². The maximum atomic E-state index is 5.53. The summed E-state index contributed by atoms with van der Waals surface area (Å²) in [5.41, 5.74) is 0. The summed E-state index contributed by atoms with van der Waals surface area (Å²) in [4.78, 5) is 0. The zero-order chi connectivity index (χ0) is 12.4. The molecule has 0 aromatic heterocycles. The van der Waals surface area contributed by atoms with Crippen molar-refractivity contribution < 1.29 is 4.74 Å². The first kappa shape index (κ1) is 15.9. The zero-order valence-corrected chi connectivity index (χ0v) is 11.9. The topological polar surface area (TPSA) is 21.3 Å². The minimum Gasteiger partial charge on any atom is -0.380 e. The molecule has 0 heterocycles. The molecule has 16 heavy (non-hydrogen) atoms. The second-order valence-electron chi connectivity index (χ2n) is 5.65. The molecule has 0 bridgehead atoms. The Morgan fingerprint density at radius 3 is 2.19 bits per heavy atom. The highest BCUT2D eigenvalue weighted by molar-refractivity contribution is 4.61. The molecule has 98 valence electrons. The Labute approximate surface area is 102 Å². The van der Waals surface area contributed by atoms with E-state index in [9.17, 15) is 0 Å². The number of rotatable bonds is 10. The van der Waals surface area contributed by atoms with Crippen LogP contribution >= 0.6 is 0 Å². The van der Waals surface area contributed by atoms with Crippen LogP contribution in [0.25, 0.3) is 0 Å². The van der Waals surface area contributed by atoms with E-state index in [0.717, 1.165) is 25.7 Å². The summed E-state index contributed by atoms with van der Waals surface area (Å²) in [6, 6.07) is 0.626. The fraction of sp³-hybridized carbons (Fsp3) is 1.00. The third-order valence-electron chi connectivity index (χ3n) is 2.61. The largest absolute Gasteiger partial charge is 0.380 e. The molecule has 1 atom stereocenters. The third-order valence-corrected chi connectivity index (χ3v) is 2.61. The fourth-order valence-electron chi connectivity index (χ4n) is 1.63. The summed E-state index contributed by atoms with van der Waals surface area (Å²) >= 11 is 0. The van der Waals surface area contributed by atoms with Crippen molar-refractivity contribution in [3.63, 3.8) is 0 Å². The average molecular weight is 229 g/mol. The van der Waals surface area contributed by atoms with Crippen LogP contribution < -0.4 is 5.32 Å². The van der Waals surface area contributed by atoms with Crippen molar-refractivity contribution in [2.45, 2.75) is 59.9 Å². The van der Waals surface area contributed by atoms with Crippen molar-refractivity contribution in [1.82, 2.24) is 5.32 Å². The van der Waals surface area contributed by atoms with Gasteiger partial charge in [-0.15, -0.1) is 0 Å².